The molecule has 2 aliphatic heterocycles. The van der Waals surface area contributed by atoms with E-state index in [4.69, 9.17) is 9.84 Å². The van der Waals surface area contributed by atoms with Crippen LogP contribution in [0.15, 0.2) is 0 Å². The Hall–Kier alpha value is -1.63. The van der Waals surface area contributed by atoms with Gasteiger partial charge in [-0.25, -0.2) is 4.79 Å². The maximum Gasteiger partial charge on any atom is 0.329 e. The van der Waals surface area contributed by atoms with Gasteiger partial charge in [-0.1, -0.05) is 0 Å². The molecule has 2 aliphatic rings. The Morgan fingerprint density at radius 2 is 2.05 bits per heavy atom. The first-order valence-electron chi connectivity index (χ1n) is 6.45. The maximum atomic E-state index is 12.1. The summed E-state index contributed by atoms with van der Waals surface area (Å²) in [4.78, 5) is 35.3. The molecule has 2 saturated heterocycles. The number of piperidine rings is 1. The van der Waals surface area contributed by atoms with Crippen LogP contribution in [0, 0.1) is 5.92 Å². The number of nitrogens with one attached hydrogen (secondary N) is 1. The first-order chi connectivity index (χ1) is 9.06. The fourth-order valence-corrected chi connectivity index (χ4v) is 2.47. The van der Waals surface area contributed by atoms with Crippen molar-refractivity contribution in [2.45, 2.75) is 25.4 Å². The Kier molecular flexibility index (Phi) is 4.36. The number of hydrogen-bond donors (Lipinski definition) is 2. The normalized spacial score (nSPS) is 24.3. The number of carbonyl (C=O) groups excluding carboxylic acids is 2. The molecule has 0 saturated carbocycles. The molecule has 1 atom stereocenters. The number of hydrogen-bond acceptors (Lipinski definition) is 4. The fraction of sp³-hybridized carbons (Fsp3) is 0.750. The van der Waals surface area contributed by atoms with E-state index < -0.39 is 5.97 Å². The largest absolute Gasteiger partial charge is 0.480 e. The van der Waals surface area contributed by atoms with E-state index in [9.17, 15) is 14.4 Å². The molecule has 2 heterocycles. The summed E-state index contributed by atoms with van der Waals surface area (Å²) >= 11 is 0. The van der Waals surface area contributed by atoms with E-state index in [-0.39, 0.29) is 36.9 Å². The van der Waals surface area contributed by atoms with E-state index in [0.29, 0.717) is 32.5 Å². The van der Waals surface area contributed by atoms with E-state index in [0.717, 1.165) is 0 Å². The second-order valence-electron chi connectivity index (χ2n) is 4.93. The average Bonchev–Trinajstić information content (AvgIpc) is 2.83. The van der Waals surface area contributed by atoms with Crippen LogP contribution >= 0.6 is 0 Å². The number of carboxylic acids is 1. The Morgan fingerprint density at radius 1 is 1.37 bits per heavy atom. The van der Waals surface area contributed by atoms with Gasteiger partial charge in [0, 0.05) is 26.1 Å². The van der Waals surface area contributed by atoms with Gasteiger partial charge in [-0.2, -0.15) is 0 Å². The zero-order valence-corrected chi connectivity index (χ0v) is 10.6. The van der Waals surface area contributed by atoms with Crippen molar-refractivity contribution in [2.24, 2.45) is 5.92 Å². The molecule has 106 valence electrons. The molecule has 2 rings (SSSR count). The molecule has 19 heavy (non-hydrogen) atoms. The van der Waals surface area contributed by atoms with Gasteiger partial charge in [0.1, 0.15) is 6.61 Å². The van der Waals surface area contributed by atoms with Crippen molar-refractivity contribution in [2.75, 3.05) is 26.2 Å². The van der Waals surface area contributed by atoms with Crippen molar-refractivity contribution in [1.82, 2.24) is 10.2 Å². The zero-order valence-electron chi connectivity index (χ0n) is 10.6. The molecule has 0 aromatic rings. The topological polar surface area (TPSA) is 95.9 Å². The summed E-state index contributed by atoms with van der Waals surface area (Å²) < 4.78 is 5.21. The zero-order chi connectivity index (χ0) is 13.8. The van der Waals surface area contributed by atoms with Gasteiger partial charge in [-0.3, -0.25) is 9.59 Å². The Labute approximate surface area is 110 Å². The van der Waals surface area contributed by atoms with Crippen molar-refractivity contribution >= 4 is 17.8 Å². The number of ether oxygens (including phenoxy) is 1. The maximum absolute atomic E-state index is 12.1. The van der Waals surface area contributed by atoms with E-state index in [1.807, 2.05) is 0 Å². The van der Waals surface area contributed by atoms with Gasteiger partial charge in [-0.15, -0.1) is 0 Å². The first-order valence-corrected chi connectivity index (χ1v) is 6.45. The Balaban J connectivity index is 1.75. The fourth-order valence-electron chi connectivity index (χ4n) is 2.47. The van der Waals surface area contributed by atoms with Crippen molar-refractivity contribution in [3.8, 4) is 0 Å². The van der Waals surface area contributed by atoms with Crippen LogP contribution in [-0.4, -0.2) is 60.1 Å². The molecule has 7 nitrogen and oxygen atoms in total. The second-order valence-corrected chi connectivity index (χ2v) is 4.93. The Morgan fingerprint density at radius 3 is 2.58 bits per heavy atom. The minimum Gasteiger partial charge on any atom is -0.480 e. The Bertz CT molecular complexity index is 376. The minimum atomic E-state index is -0.978. The summed E-state index contributed by atoms with van der Waals surface area (Å²) in [5, 5.41) is 11.2. The van der Waals surface area contributed by atoms with Crippen LogP contribution in [0.5, 0.6) is 0 Å². The summed E-state index contributed by atoms with van der Waals surface area (Å²) in [6, 6.07) is 0. The lowest BCUT2D eigenvalue weighted by molar-refractivity contribution is -0.147. The minimum absolute atomic E-state index is 0.00929. The van der Waals surface area contributed by atoms with Crippen LogP contribution in [0.4, 0.5) is 0 Å². The third kappa shape index (κ3) is 3.66. The van der Waals surface area contributed by atoms with Gasteiger partial charge in [0.2, 0.25) is 11.8 Å². The molecule has 0 spiro atoms. The van der Waals surface area contributed by atoms with Crippen LogP contribution in [-0.2, 0) is 19.1 Å². The molecule has 0 aliphatic carbocycles. The van der Waals surface area contributed by atoms with E-state index in [2.05, 4.69) is 5.32 Å². The number of amides is 2. The molecule has 7 heteroatoms. The monoisotopic (exact) mass is 270 g/mol. The van der Waals surface area contributed by atoms with Gasteiger partial charge in [0.05, 0.1) is 12.0 Å². The molecule has 2 fully saturated rings. The number of likely N-dealkylation sites (tertiary alicyclic amines) is 1. The predicted molar refractivity (Wildman–Crippen MR) is 64.3 cm³/mol. The van der Waals surface area contributed by atoms with Gasteiger partial charge >= 0.3 is 5.97 Å². The molecule has 1 unspecified atom stereocenters. The van der Waals surface area contributed by atoms with Crippen LogP contribution < -0.4 is 5.32 Å². The number of rotatable bonds is 4. The number of carboxylic acid groups (broad SMARTS) is 1. The number of carbonyl (C=O) groups is 3. The lowest BCUT2D eigenvalue weighted by Gasteiger charge is -2.33. The highest BCUT2D eigenvalue weighted by Crippen LogP contribution is 2.19. The van der Waals surface area contributed by atoms with E-state index in [1.54, 1.807) is 4.90 Å². The van der Waals surface area contributed by atoms with Crippen LogP contribution in [0.2, 0.25) is 0 Å². The van der Waals surface area contributed by atoms with Crippen LogP contribution in [0.25, 0.3) is 0 Å². The quantitative estimate of drug-likeness (QED) is 0.698. The van der Waals surface area contributed by atoms with Crippen molar-refractivity contribution in [3.63, 3.8) is 0 Å². The predicted octanol–water partition coefficient (Wildman–Crippen LogP) is -0.785. The SMILES string of the molecule is O=C(O)COC1CCN(C(=O)C2CNC(=O)C2)CC1. The van der Waals surface area contributed by atoms with Crippen molar-refractivity contribution in [3.05, 3.63) is 0 Å². The van der Waals surface area contributed by atoms with Gasteiger partial charge < -0.3 is 20.1 Å². The standard InChI is InChI=1S/C12H18N2O5/c15-10-5-8(6-13-10)12(18)14-3-1-9(2-4-14)19-7-11(16)17/h8-9H,1-7H2,(H,13,15)(H,16,17). The summed E-state index contributed by atoms with van der Waals surface area (Å²) in [6.07, 6.45) is 1.47. The molecule has 2 N–H and O–H groups in total. The molecular formula is C12H18N2O5. The highest BCUT2D eigenvalue weighted by atomic mass is 16.5. The third-order valence-corrected chi connectivity index (χ3v) is 3.52. The summed E-state index contributed by atoms with van der Waals surface area (Å²) in [6.45, 7) is 1.26. The lowest BCUT2D eigenvalue weighted by atomic mass is 10.0. The number of aliphatic carboxylic acids is 1. The third-order valence-electron chi connectivity index (χ3n) is 3.52. The molecule has 0 bridgehead atoms. The highest BCUT2D eigenvalue weighted by Gasteiger charge is 2.33. The van der Waals surface area contributed by atoms with Crippen molar-refractivity contribution < 1.29 is 24.2 Å². The summed E-state index contributed by atoms with van der Waals surface area (Å²) in [5.41, 5.74) is 0. The smallest absolute Gasteiger partial charge is 0.329 e. The van der Waals surface area contributed by atoms with Gasteiger partial charge in [-0.05, 0) is 12.8 Å². The molecule has 0 radical (unpaired) electrons. The first kappa shape index (κ1) is 13.8. The van der Waals surface area contributed by atoms with Crippen LogP contribution in [0.3, 0.4) is 0 Å². The molecule has 2 amide bonds. The van der Waals surface area contributed by atoms with Gasteiger partial charge in [0.25, 0.3) is 0 Å². The van der Waals surface area contributed by atoms with E-state index >= 15 is 0 Å². The lowest BCUT2D eigenvalue weighted by Crippen LogP contribution is -2.44. The van der Waals surface area contributed by atoms with Gasteiger partial charge in [0.15, 0.2) is 0 Å². The van der Waals surface area contributed by atoms with Crippen LogP contribution in [0.1, 0.15) is 19.3 Å². The average molecular weight is 270 g/mol. The molecular weight excluding hydrogens is 252 g/mol. The highest BCUT2D eigenvalue weighted by molar-refractivity contribution is 5.89. The second kappa shape index (κ2) is 6.01. The summed E-state index contributed by atoms with van der Waals surface area (Å²) in [7, 11) is 0. The number of nitrogens with zero attached hydrogens (tertiary/aromatic N) is 1. The molecule has 0 aromatic heterocycles. The molecule has 0 aromatic carbocycles. The van der Waals surface area contributed by atoms with Crippen molar-refractivity contribution in [1.29, 1.82) is 0 Å². The summed E-state index contributed by atoms with van der Waals surface area (Å²) in [5.74, 6) is -1.29. The van der Waals surface area contributed by atoms with E-state index in [1.165, 1.54) is 0 Å².